The van der Waals surface area contributed by atoms with Gasteiger partial charge in [-0.2, -0.15) is 0 Å². The minimum absolute atomic E-state index is 0.116. The van der Waals surface area contributed by atoms with Crippen LogP contribution in [0, 0.1) is 6.92 Å². The predicted molar refractivity (Wildman–Crippen MR) is 76.1 cm³/mol. The Hall–Kier alpha value is -2.02. The van der Waals surface area contributed by atoms with Gasteiger partial charge < -0.3 is 5.11 Å². The fourth-order valence-electron chi connectivity index (χ4n) is 1.86. The van der Waals surface area contributed by atoms with Crippen molar-refractivity contribution in [2.75, 3.05) is 5.75 Å². The molecule has 0 fully saturated rings. The van der Waals surface area contributed by atoms with Crippen LogP contribution in [0.2, 0.25) is 0 Å². The zero-order chi connectivity index (χ0) is 14.5. The molecule has 0 aliphatic rings. The molecule has 1 heterocycles. The summed E-state index contributed by atoms with van der Waals surface area (Å²) in [6.07, 6.45) is 0.701. The first-order valence-electron chi connectivity index (χ1n) is 6.12. The second-order valence-electron chi connectivity index (χ2n) is 4.32. The van der Waals surface area contributed by atoms with E-state index in [1.54, 1.807) is 0 Å². The smallest absolute Gasteiger partial charge is 0.343 e. The van der Waals surface area contributed by atoms with Crippen molar-refractivity contribution < 1.29 is 9.90 Å². The zero-order valence-corrected chi connectivity index (χ0v) is 11.8. The Morgan fingerprint density at radius 3 is 2.90 bits per heavy atom. The number of thioether (sulfide) groups is 1. The number of aromatic nitrogens is 3. The van der Waals surface area contributed by atoms with Crippen LogP contribution in [0.4, 0.5) is 0 Å². The van der Waals surface area contributed by atoms with E-state index in [1.807, 2.05) is 31.2 Å². The van der Waals surface area contributed by atoms with Gasteiger partial charge in [0.25, 0.3) is 0 Å². The SMILES string of the molecule is Cc1ccccc1CCn1c(SCC(=O)O)n[nH]c1=O. The number of hydrogen-bond acceptors (Lipinski definition) is 4. The third kappa shape index (κ3) is 3.51. The number of nitrogens with one attached hydrogen (secondary N) is 1. The van der Waals surface area contributed by atoms with Crippen molar-refractivity contribution in [3.05, 3.63) is 45.9 Å². The van der Waals surface area contributed by atoms with Crippen molar-refractivity contribution in [2.24, 2.45) is 0 Å². The van der Waals surface area contributed by atoms with E-state index < -0.39 is 5.97 Å². The summed E-state index contributed by atoms with van der Waals surface area (Å²) in [5.41, 5.74) is 2.02. The van der Waals surface area contributed by atoms with Gasteiger partial charge in [-0.15, -0.1) is 5.10 Å². The van der Waals surface area contributed by atoms with Gasteiger partial charge >= 0.3 is 11.7 Å². The van der Waals surface area contributed by atoms with E-state index in [9.17, 15) is 9.59 Å². The molecule has 0 aliphatic heterocycles. The minimum atomic E-state index is -0.934. The summed E-state index contributed by atoms with van der Waals surface area (Å²) < 4.78 is 1.47. The first-order valence-corrected chi connectivity index (χ1v) is 7.11. The molecular formula is C13H15N3O3S. The van der Waals surface area contributed by atoms with E-state index in [2.05, 4.69) is 10.2 Å². The lowest BCUT2D eigenvalue weighted by atomic mass is 10.1. The zero-order valence-electron chi connectivity index (χ0n) is 11.0. The monoisotopic (exact) mass is 293 g/mol. The summed E-state index contributed by atoms with van der Waals surface area (Å²) in [7, 11) is 0. The maximum Gasteiger partial charge on any atom is 0.343 e. The highest BCUT2D eigenvalue weighted by atomic mass is 32.2. The highest BCUT2D eigenvalue weighted by Gasteiger charge is 2.11. The van der Waals surface area contributed by atoms with Gasteiger partial charge in [-0.1, -0.05) is 36.0 Å². The quantitative estimate of drug-likeness (QED) is 0.784. The van der Waals surface area contributed by atoms with Gasteiger partial charge in [0.1, 0.15) is 0 Å². The lowest BCUT2D eigenvalue weighted by molar-refractivity contribution is -0.133. The van der Waals surface area contributed by atoms with Gasteiger partial charge in [-0.25, -0.2) is 9.89 Å². The molecule has 0 saturated carbocycles. The van der Waals surface area contributed by atoms with Crippen molar-refractivity contribution in [3.8, 4) is 0 Å². The van der Waals surface area contributed by atoms with E-state index in [1.165, 1.54) is 10.1 Å². The van der Waals surface area contributed by atoms with Gasteiger partial charge in [0.15, 0.2) is 5.16 Å². The molecule has 0 saturated heterocycles. The first kappa shape index (κ1) is 14.4. The molecule has 0 atom stereocenters. The van der Waals surface area contributed by atoms with E-state index in [-0.39, 0.29) is 11.4 Å². The molecule has 0 aliphatic carbocycles. The van der Waals surface area contributed by atoms with E-state index in [0.29, 0.717) is 18.1 Å². The van der Waals surface area contributed by atoms with Crippen molar-refractivity contribution in [1.29, 1.82) is 0 Å². The summed E-state index contributed by atoms with van der Waals surface area (Å²) in [6, 6.07) is 7.97. The van der Waals surface area contributed by atoms with Crippen LogP contribution in [-0.2, 0) is 17.8 Å². The highest BCUT2D eigenvalue weighted by Crippen LogP contribution is 2.14. The lowest BCUT2D eigenvalue weighted by Gasteiger charge is -2.07. The number of aromatic amines is 1. The largest absolute Gasteiger partial charge is 0.481 e. The standard InChI is InChI=1S/C13H15N3O3S/c1-9-4-2-3-5-10(9)6-7-16-12(19)14-15-13(16)20-8-11(17)18/h2-5H,6-8H2,1H3,(H,14,19)(H,17,18). The molecule has 1 aromatic heterocycles. The number of rotatable bonds is 6. The van der Waals surface area contributed by atoms with Crippen molar-refractivity contribution in [3.63, 3.8) is 0 Å². The van der Waals surface area contributed by atoms with Crippen LogP contribution in [0.15, 0.2) is 34.2 Å². The molecule has 2 N–H and O–H groups in total. The first-order chi connectivity index (χ1) is 9.58. The fraction of sp³-hybridized carbons (Fsp3) is 0.308. The van der Waals surface area contributed by atoms with Crippen LogP contribution in [0.25, 0.3) is 0 Å². The Morgan fingerprint density at radius 1 is 1.45 bits per heavy atom. The van der Waals surface area contributed by atoms with Crippen molar-refractivity contribution in [1.82, 2.24) is 14.8 Å². The van der Waals surface area contributed by atoms with Crippen LogP contribution in [0.1, 0.15) is 11.1 Å². The summed E-state index contributed by atoms with van der Waals surface area (Å²) in [5, 5.41) is 15.3. The molecule has 7 heteroatoms. The number of aliphatic carboxylic acids is 1. The topological polar surface area (TPSA) is 88.0 Å². The lowest BCUT2D eigenvalue weighted by Crippen LogP contribution is -2.19. The van der Waals surface area contributed by atoms with Crippen molar-refractivity contribution >= 4 is 17.7 Å². The van der Waals surface area contributed by atoms with Crippen LogP contribution in [0.3, 0.4) is 0 Å². The van der Waals surface area contributed by atoms with Crippen molar-refractivity contribution in [2.45, 2.75) is 25.0 Å². The van der Waals surface area contributed by atoms with E-state index >= 15 is 0 Å². The van der Waals surface area contributed by atoms with Crippen LogP contribution >= 0.6 is 11.8 Å². The number of nitrogens with zero attached hydrogens (tertiary/aromatic N) is 2. The number of carboxylic acid groups (broad SMARTS) is 1. The number of H-pyrrole nitrogens is 1. The average Bonchev–Trinajstić information content (AvgIpc) is 2.76. The minimum Gasteiger partial charge on any atom is -0.481 e. The number of benzene rings is 1. The van der Waals surface area contributed by atoms with Gasteiger partial charge in [0.05, 0.1) is 5.75 Å². The third-order valence-corrected chi connectivity index (χ3v) is 3.88. The molecule has 0 spiro atoms. The second-order valence-corrected chi connectivity index (χ2v) is 5.26. The highest BCUT2D eigenvalue weighted by molar-refractivity contribution is 7.99. The molecule has 0 amide bonds. The van der Waals surface area contributed by atoms with Gasteiger partial charge in [-0.05, 0) is 24.5 Å². The van der Waals surface area contributed by atoms with Gasteiger partial charge in [0, 0.05) is 6.54 Å². The third-order valence-electron chi connectivity index (χ3n) is 2.91. The Labute approximate surface area is 119 Å². The molecule has 0 bridgehead atoms. The molecule has 1 aromatic carbocycles. The summed E-state index contributed by atoms with van der Waals surface area (Å²) in [5.74, 6) is -1.05. The Kier molecular flexibility index (Phi) is 4.62. The molecule has 0 unspecified atom stereocenters. The van der Waals surface area contributed by atoms with E-state index in [0.717, 1.165) is 17.3 Å². The van der Waals surface area contributed by atoms with Crippen LogP contribution in [-0.4, -0.2) is 31.6 Å². The maximum atomic E-state index is 11.7. The maximum absolute atomic E-state index is 11.7. The molecule has 2 rings (SSSR count). The molecule has 6 nitrogen and oxygen atoms in total. The molecule has 2 aromatic rings. The number of aryl methyl sites for hydroxylation is 2. The van der Waals surface area contributed by atoms with Gasteiger partial charge in [0.2, 0.25) is 0 Å². The average molecular weight is 293 g/mol. The summed E-state index contributed by atoms with van der Waals surface area (Å²) in [4.78, 5) is 22.2. The molecule has 20 heavy (non-hydrogen) atoms. The second kappa shape index (κ2) is 6.42. The molecular weight excluding hydrogens is 278 g/mol. The van der Waals surface area contributed by atoms with E-state index in [4.69, 9.17) is 5.11 Å². The Bertz CT molecular complexity index is 663. The number of hydrogen-bond donors (Lipinski definition) is 2. The molecule has 106 valence electrons. The summed E-state index contributed by atoms with van der Waals surface area (Å²) >= 11 is 1.04. The van der Waals surface area contributed by atoms with Crippen LogP contribution < -0.4 is 5.69 Å². The fourth-order valence-corrected chi connectivity index (χ4v) is 2.55. The molecule has 0 radical (unpaired) electrons. The Morgan fingerprint density at radius 2 is 2.20 bits per heavy atom. The number of carboxylic acids is 1. The predicted octanol–water partition coefficient (Wildman–Crippen LogP) is 1.30. The van der Waals surface area contributed by atoms with Crippen LogP contribution in [0.5, 0.6) is 0 Å². The Balaban J connectivity index is 2.09. The summed E-state index contributed by atoms with van der Waals surface area (Å²) in [6.45, 7) is 2.50. The number of carbonyl (C=O) groups is 1. The normalized spacial score (nSPS) is 10.7. The van der Waals surface area contributed by atoms with Gasteiger partial charge in [-0.3, -0.25) is 9.36 Å².